The van der Waals surface area contributed by atoms with Gasteiger partial charge in [0.2, 0.25) is 5.91 Å². The van der Waals surface area contributed by atoms with Gasteiger partial charge in [0.15, 0.2) is 0 Å². The molecular weight excluding hydrogens is 210 g/mol. The maximum absolute atomic E-state index is 11.4. The fraction of sp³-hybridized carbons (Fsp3) is 0.800. The van der Waals surface area contributed by atoms with Crippen molar-refractivity contribution in [2.45, 2.75) is 26.8 Å². The van der Waals surface area contributed by atoms with Gasteiger partial charge in [-0.1, -0.05) is 0 Å². The lowest BCUT2D eigenvalue weighted by Gasteiger charge is -2.13. The van der Waals surface area contributed by atoms with Gasteiger partial charge in [0.05, 0.1) is 12.6 Å². The van der Waals surface area contributed by atoms with E-state index in [4.69, 9.17) is 4.74 Å². The van der Waals surface area contributed by atoms with Crippen LogP contribution in [-0.4, -0.2) is 44.3 Å². The van der Waals surface area contributed by atoms with Crippen molar-refractivity contribution in [2.75, 3.05) is 26.3 Å². The maximum Gasteiger partial charge on any atom is 0.321 e. The van der Waals surface area contributed by atoms with Gasteiger partial charge in [-0.25, -0.2) is 4.79 Å². The van der Waals surface area contributed by atoms with Gasteiger partial charge in [-0.05, 0) is 20.8 Å². The third-order valence-electron chi connectivity index (χ3n) is 1.87. The van der Waals surface area contributed by atoms with Gasteiger partial charge in [-0.2, -0.15) is 0 Å². The van der Waals surface area contributed by atoms with Crippen LogP contribution in [0.2, 0.25) is 0 Å². The Labute approximate surface area is 96.1 Å². The Kier molecular flexibility index (Phi) is 8.46. The Morgan fingerprint density at radius 3 is 2.56 bits per heavy atom. The van der Waals surface area contributed by atoms with Crippen molar-refractivity contribution in [2.24, 2.45) is 0 Å². The molecule has 0 saturated heterocycles. The molecule has 0 aliphatic heterocycles. The summed E-state index contributed by atoms with van der Waals surface area (Å²) in [4.78, 5) is 22.5. The van der Waals surface area contributed by atoms with Crippen LogP contribution >= 0.6 is 0 Å². The Morgan fingerprint density at radius 2 is 2.00 bits per heavy atom. The lowest BCUT2D eigenvalue weighted by atomic mass is 10.3. The summed E-state index contributed by atoms with van der Waals surface area (Å²) in [5.41, 5.74) is 0. The summed E-state index contributed by atoms with van der Waals surface area (Å²) < 4.78 is 5.11. The normalized spacial score (nSPS) is 11.9. The number of ether oxygens (including phenoxy) is 1. The van der Waals surface area contributed by atoms with Crippen LogP contribution in [0.5, 0.6) is 0 Å². The SMILES string of the molecule is CCNC(=O)NC(=O)C(C)NCCOCC. The maximum atomic E-state index is 11.4. The highest BCUT2D eigenvalue weighted by molar-refractivity contribution is 5.96. The zero-order chi connectivity index (χ0) is 12.4. The molecular formula is C10H21N3O3. The molecule has 0 fully saturated rings. The number of amides is 3. The van der Waals surface area contributed by atoms with Crippen LogP contribution in [0.1, 0.15) is 20.8 Å². The summed E-state index contributed by atoms with van der Waals surface area (Å²) in [5.74, 6) is -0.345. The van der Waals surface area contributed by atoms with E-state index in [0.29, 0.717) is 26.3 Å². The van der Waals surface area contributed by atoms with Crippen molar-refractivity contribution in [3.8, 4) is 0 Å². The highest BCUT2D eigenvalue weighted by Crippen LogP contribution is 1.82. The number of imide groups is 1. The minimum Gasteiger partial charge on any atom is -0.380 e. The number of carbonyl (C=O) groups is 2. The highest BCUT2D eigenvalue weighted by Gasteiger charge is 2.14. The first kappa shape index (κ1) is 14.9. The molecule has 0 aliphatic rings. The predicted octanol–water partition coefficient (Wildman–Crippen LogP) is -0.153. The molecule has 0 rings (SSSR count). The Hall–Kier alpha value is -1.14. The first-order valence-corrected chi connectivity index (χ1v) is 5.51. The molecule has 0 saturated carbocycles. The molecule has 0 aromatic carbocycles. The molecule has 16 heavy (non-hydrogen) atoms. The standard InChI is InChI=1S/C10H21N3O3/c1-4-11-10(15)13-9(14)8(3)12-6-7-16-5-2/h8,12H,4-7H2,1-3H3,(H2,11,13,14,15). The lowest BCUT2D eigenvalue weighted by molar-refractivity contribution is -0.121. The van der Waals surface area contributed by atoms with Gasteiger partial charge in [-0.3, -0.25) is 10.1 Å². The van der Waals surface area contributed by atoms with E-state index in [1.807, 2.05) is 6.92 Å². The fourth-order valence-electron chi connectivity index (χ4n) is 1.01. The van der Waals surface area contributed by atoms with Crippen LogP contribution in [0.15, 0.2) is 0 Å². The van der Waals surface area contributed by atoms with E-state index in [-0.39, 0.29) is 5.91 Å². The lowest BCUT2D eigenvalue weighted by Crippen LogP contribution is -2.48. The summed E-state index contributed by atoms with van der Waals surface area (Å²) >= 11 is 0. The van der Waals surface area contributed by atoms with Crippen LogP contribution in [0.3, 0.4) is 0 Å². The minimum atomic E-state index is -0.467. The third kappa shape index (κ3) is 7.19. The van der Waals surface area contributed by atoms with Gasteiger partial charge in [-0.15, -0.1) is 0 Å². The molecule has 94 valence electrons. The van der Waals surface area contributed by atoms with Crippen LogP contribution in [0, 0.1) is 0 Å². The van der Waals surface area contributed by atoms with E-state index in [1.54, 1.807) is 13.8 Å². The number of hydrogen-bond acceptors (Lipinski definition) is 4. The van der Waals surface area contributed by atoms with Gasteiger partial charge in [0.25, 0.3) is 0 Å². The predicted molar refractivity (Wildman–Crippen MR) is 61.2 cm³/mol. The molecule has 0 aromatic rings. The molecule has 0 bridgehead atoms. The van der Waals surface area contributed by atoms with E-state index in [1.165, 1.54) is 0 Å². The zero-order valence-electron chi connectivity index (χ0n) is 10.1. The Balaban J connectivity index is 3.68. The molecule has 6 nitrogen and oxygen atoms in total. The zero-order valence-corrected chi connectivity index (χ0v) is 10.1. The van der Waals surface area contributed by atoms with Crippen LogP contribution in [-0.2, 0) is 9.53 Å². The summed E-state index contributed by atoms with van der Waals surface area (Å²) in [5, 5.41) is 7.66. The quantitative estimate of drug-likeness (QED) is 0.532. The fourth-order valence-corrected chi connectivity index (χ4v) is 1.01. The summed E-state index contributed by atoms with van der Waals surface area (Å²) in [6, 6.07) is -0.881. The molecule has 0 aromatic heterocycles. The van der Waals surface area contributed by atoms with Crippen LogP contribution in [0.4, 0.5) is 4.79 Å². The second-order valence-electron chi connectivity index (χ2n) is 3.22. The Morgan fingerprint density at radius 1 is 1.31 bits per heavy atom. The Bertz CT molecular complexity index is 221. The molecule has 6 heteroatoms. The van der Waals surface area contributed by atoms with E-state index in [9.17, 15) is 9.59 Å². The van der Waals surface area contributed by atoms with Gasteiger partial charge < -0.3 is 15.4 Å². The van der Waals surface area contributed by atoms with Crippen molar-refractivity contribution in [1.82, 2.24) is 16.0 Å². The average molecular weight is 231 g/mol. The molecule has 3 amide bonds. The van der Waals surface area contributed by atoms with E-state index in [0.717, 1.165) is 0 Å². The summed E-state index contributed by atoms with van der Waals surface area (Å²) in [6.07, 6.45) is 0. The van der Waals surface area contributed by atoms with E-state index in [2.05, 4.69) is 16.0 Å². The number of carbonyl (C=O) groups excluding carboxylic acids is 2. The van der Waals surface area contributed by atoms with Crippen molar-refractivity contribution < 1.29 is 14.3 Å². The van der Waals surface area contributed by atoms with E-state index >= 15 is 0 Å². The van der Waals surface area contributed by atoms with Gasteiger partial charge in [0.1, 0.15) is 0 Å². The number of hydrogen-bond donors (Lipinski definition) is 3. The molecule has 0 aliphatic carbocycles. The first-order valence-electron chi connectivity index (χ1n) is 5.51. The van der Waals surface area contributed by atoms with Crippen LogP contribution in [0.25, 0.3) is 0 Å². The average Bonchev–Trinajstić information content (AvgIpc) is 2.24. The number of urea groups is 1. The van der Waals surface area contributed by atoms with Crippen LogP contribution < -0.4 is 16.0 Å². The highest BCUT2D eigenvalue weighted by atomic mass is 16.5. The van der Waals surface area contributed by atoms with Crippen molar-refractivity contribution in [1.29, 1.82) is 0 Å². The minimum absolute atomic E-state index is 0.345. The third-order valence-corrected chi connectivity index (χ3v) is 1.87. The number of rotatable bonds is 7. The molecule has 1 atom stereocenters. The number of nitrogens with one attached hydrogen (secondary N) is 3. The second-order valence-corrected chi connectivity index (χ2v) is 3.22. The molecule has 3 N–H and O–H groups in total. The molecule has 0 spiro atoms. The topological polar surface area (TPSA) is 79.5 Å². The molecule has 1 unspecified atom stereocenters. The smallest absolute Gasteiger partial charge is 0.321 e. The largest absolute Gasteiger partial charge is 0.380 e. The molecule has 0 radical (unpaired) electrons. The second kappa shape index (κ2) is 9.11. The van der Waals surface area contributed by atoms with Gasteiger partial charge in [0, 0.05) is 19.7 Å². The summed E-state index contributed by atoms with van der Waals surface area (Å²) in [6.45, 7) is 7.67. The van der Waals surface area contributed by atoms with Crippen molar-refractivity contribution in [3.05, 3.63) is 0 Å². The van der Waals surface area contributed by atoms with Crippen molar-refractivity contribution >= 4 is 11.9 Å². The monoisotopic (exact) mass is 231 g/mol. The molecule has 0 heterocycles. The summed E-state index contributed by atoms with van der Waals surface area (Å²) in [7, 11) is 0. The van der Waals surface area contributed by atoms with E-state index < -0.39 is 12.1 Å². The van der Waals surface area contributed by atoms with Gasteiger partial charge >= 0.3 is 6.03 Å². The van der Waals surface area contributed by atoms with Crippen molar-refractivity contribution in [3.63, 3.8) is 0 Å². The first-order chi connectivity index (χ1) is 7.61.